The Hall–Kier alpha value is -3.06. The monoisotopic (exact) mass is 342 g/mol. The van der Waals surface area contributed by atoms with E-state index in [1.54, 1.807) is 37.6 Å². The molecule has 25 heavy (non-hydrogen) atoms. The van der Waals surface area contributed by atoms with Gasteiger partial charge in [0.15, 0.2) is 5.76 Å². The van der Waals surface area contributed by atoms with Gasteiger partial charge in [0.25, 0.3) is 0 Å². The number of anilines is 1. The van der Waals surface area contributed by atoms with E-state index in [9.17, 15) is 4.79 Å². The molecular formula is C18H18N2O5. The molecule has 1 N–H and O–H groups in total. The van der Waals surface area contributed by atoms with Crippen LogP contribution in [-0.4, -0.2) is 24.8 Å². The number of hydrogen-bond acceptors (Lipinski definition) is 6. The molecule has 3 aromatic rings. The maximum atomic E-state index is 12.0. The van der Waals surface area contributed by atoms with E-state index in [1.165, 1.54) is 0 Å². The van der Waals surface area contributed by atoms with Gasteiger partial charge in [-0.05, 0) is 36.8 Å². The van der Waals surface area contributed by atoms with Gasteiger partial charge in [0, 0.05) is 6.07 Å². The highest BCUT2D eigenvalue weighted by Crippen LogP contribution is 2.25. The van der Waals surface area contributed by atoms with Crippen LogP contribution in [0.1, 0.15) is 11.3 Å². The largest absolute Gasteiger partial charge is 0.495 e. The number of aryl methyl sites for hydroxylation is 1. The van der Waals surface area contributed by atoms with Crippen LogP contribution >= 0.6 is 0 Å². The minimum Gasteiger partial charge on any atom is -0.495 e. The molecular weight excluding hydrogens is 324 g/mol. The van der Waals surface area contributed by atoms with Gasteiger partial charge >= 0.3 is 0 Å². The van der Waals surface area contributed by atoms with Crippen molar-refractivity contribution < 1.29 is 23.2 Å². The Morgan fingerprint density at radius 2 is 2.12 bits per heavy atom. The van der Waals surface area contributed by atoms with Crippen molar-refractivity contribution in [1.29, 1.82) is 0 Å². The number of ether oxygens (including phenoxy) is 2. The first-order valence-electron chi connectivity index (χ1n) is 7.67. The molecule has 7 nitrogen and oxygen atoms in total. The van der Waals surface area contributed by atoms with Gasteiger partial charge < -0.3 is 23.7 Å². The SMILES string of the molecule is COc1ccc(C)cc1NC(=O)COCc1cc(-c2ccco2)on1. The predicted octanol–water partition coefficient (Wildman–Crippen LogP) is 3.41. The van der Waals surface area contributed by atoms with Crippen molar-refractivity contribution in [2.45, 2.75) is 13.5 Å². The molecule has 2 heterocycles. The van der Waals surface area contributed by atoms with Crippen LogP contribution in [0.25, 0.3) is 11.5 Å². The Balaban J connectivity index is 1.51. The van der Waals surface area contributed by atoms with Crippen molar-refractivity contribution in [2.24, 2.45) is 0 Å². The number of nitrogens with one attached hydrogen (secondary N) is 1. The molecule has 0 saturated heterocycles. The fourth-order valence-corrected chi connectivity index (χ4v) is 2.27. The normalized spacial score (nSPS) is 10.6. The molecule has 7 heteroatoms. The zero-order valence-corrected chi connectivity index (χ0v) is 13.9. The van der Waals surface area contributed by atoms with E-state index in [4.69, 9.17) is 18.4 Å². The van der Waals surface area contributed by atoms with Crippen molar-refractivity contribution in [3.05, 3.63) is 53.9 Å². The highest BCUT2D eigenvalue weighted by molar-refractivity contribution is 5.93. The van der Waals surface area contributed by atoms with Gasteiger partial charge in [-0.15, -0.1) is 0 Å². The van der Waals surface area contributed by atoms with Crippen LogP contribution in [-0.2, 0) is 16.1 Å². The van der Waals surface area contributed by atoms with Gasteiger partial charge in [-0.3, -0.25) is 4.79 Å². The maximum Gasteiger partial charge on any atom is 0.250 e. The molecule has 0 aliphatic heterocycles. The third kappa shape index (κ3) is 4.27. The molecule has 1 amide bonds. The summed E-state index contributed by atoms with van der Waals surface area (Å²) in [6.45, 7) is 1.98. The Morgan fingerprint density at radius 3 is 2.88 bits per heavy atom. The lowest BCUT2D eigenvalue weighted by atomic mass is 10.2. The number of carbonyl (C=O) groups is 1. The Labute approximate surface area is 144 Å². The summed E-state index contributed by atoms with van der Waals surface area (Å²) in [6.07, 6.45) is 1.55. The summed E-state index contributed by atoms with van der Waals surface area (Å²) in [5.41, 5.74) is 2.20. The quantitative estimate of drug-likeness (QED) is 0.708. The van der Waals surface area contributed by atoms with E-state index in [-0.39, 0.29) is 19.1 Å². The van der Waals surface area contributed by atoms with Crippen LogP contribution in [0.3, 0.4) is 0 Å². The van der Waals surface area contributed by atoms with Crippen LogP contribution in [0.2, 0.25) is 0 Å². The van der Waals surface area contributed by atoms with Crippen molar-refractivity contribution >= 4 is 11.6 Å². The number of rotatable bonds is 7. The molecule has 0 saturated carbocycles. The lowest BCUT2D eigenvalue weighted by Crippen LogP contribution is -2.18. The van der Waals surface area contributed by atoms with Crippen LogP contribution in [0.15, 0.2) is 51.6 Å². The topological polar surface area (TPSA) is 86.7 Å². The first-order chi connectivity index (χ1) is 12.2. The minimum atomic E-state index is -0.279. The number of aromatic nitrogens is 1. The number of methoxy groups -OCH3 is 1. The molecule has 0 spiro atoms. The molecule has 0 fully saturated rings. The average molecular weight is 342 g/mol. The molecule has 0 radical (unpaired) electrons. The van der Waals surface area contributed by atoms with Crippen molar-refractivity contribution in [3.63, 3.8) is 0 Å². The summed E-state index contributed by atoms with van der Waals surface area (Å²) in [6, 6.07) is 10.8. The highest BCUT2D eigenvalue weighted by atomic mass is 16.5. The lowest BCUT2D eigenvalue weighted by molar-refractivity contribution is -0.121. The van der Waals surface area contributed by atoms with Gasteiger partial charge in [-0.25, -0.2) is 0 Å². The number of furan rings is 1. The fourth-order valence-electron chi connectivity index (χ4n) is 2.27. The van der Waals surface area contributed by atoms with E-state index in [1.807, 2.05) is 19.1 Å². The van der Waals surface area contributed by atoms with E-state index < -0.39 is 0 Å². The summed E-state index contributed by atoms with van der Waals surface area (Å²) >= 11 is 0. The summed E-state index contributed by atoms with van der Waals surface area (Å²) in [4.78, 5) is 12.0. The average Bonchev–Trinajstić information content (AvgIpc) is 3.26. The van der Waals surface area contributed by atoms with E-state index in [2.05, 4.69) is 10.5 Å². The van der Waals surface area contributed by atoms with Crippen molar-refractivity contribution in [3.8, 4) is 17.3 Å². The van der Waals surface area contributed by atoms with Crippen LogP contribution in [0, 0.1) is 6.92 Å². The molecule has 3 rings (SSSR count). The zero-order valence-electron chi connectivity index (χ0n) is 13.9. The first kappa shape index (κ1) is 16.8. The second kappa shape index (κ2) is 7.67. The Kier molecular flexibility index (Phi) is 5.15. The van der Waals surface area contributed by atoms with Gasteiger partial charge in [0.2, 0.25) is 11.7 Å². The van der Waals surface area contributed by atoms with Crippen LogP contribution in [0.4, 0.5) is 5.69 Å². The van der Waals surface area contributed by atoms with E-state index in [0.29, 0.717) is 28.7 Å². The Bertz CT molecular complexity index is 839. The molecule has 0 aliphatic carbocycles. The van der Waals surface area contributed by atoms with Gasteiger partial charge in [-0.1, -0.05) is 11.2 Å². The molecule has 130 valence electrons. The molecule has 0 bridgehead atoms. The van der Waals surface area contributed by atoms with E-state index >= 15 is 0 Å². The van der Waals surface area contributed by atoms with Crippen molar-refractivity contribution in [2.75, 3.05) is 19.0 Å². The number of carbonyl (C=O) groups excluding carboxylic acids is 1. The van der Waals surface area contributed by atoms with Gasteiger partial charge in [0.05, 0.1) is 25.7 Å². The maximum absolute atomic E-state index is 12.0. The number of amides is 1. The molecule has 2 aromatic heterocycles. The Morgan fingerprint density at radius 1 is 1.24 bits per heavy atom. The second-order valence-corrected chi connectivity index (χ2v) is 5.40. The summed E-state index contributed by atoms with van der Waals surface area (Å²) < 4.78 is 21.0. The smallest absolute Gasteiger partial charge is 0.250 e. The summed E-state index contributed by atoms with van der Waals surface area (Å²) in [7, 11) is 1.55. The standard InChI is InChI=1S/C18H18N2O5/c1-12-5-6-15(22-2)14(8-12)19-18(21)11-23-10-13-9-17(25-20-13)16-4-3-7-24-16/h3-9H,10-11H2,1-2H3,(H,19,21). The number of hydrogen-bond donors (Lipinski definition) is 1. The second-order valence-electron chi connectivity index (χ2n) is 5.40. The van der Waals surface area contributed by atoms with E-state index in [0.717, 1.165) is 5.56 Å². The minimum absolute atomic E-state index is 0.111. The fraction of sp³-hybridized carbons (Fsp3) is 0.222. The number of nitrogens with zero attached hydrogens (tertiary/aromatic N) is 1. The number of benzene rings is 1. The highest BCUT2D eigenvalue weighted by Gasteiger charge is 2.11. The molecule has 0 unspecified atom stereocenters. The van der Waals surface area contributed by atoms with Crippen molar-refractivity contribution in [1.82, 2.24) is 5.16 Å². The molecule has 0 aliphatic rings. The summed E-state index contributed by atoms with van der Waals surface area (Å²) in [5.74, 6) is 1.41. The molecule has 1 aromatic carbocycles. The first-order valence-corrected chi connectivity index (χ1v) is 7.67. The van der Waals surface area contributed by atoms with Crippen LogP contribution < -0.4 is 10.1 Å². The zero-order chi connectivity index (χ0) is 17.6. The molecule has 0 atom stereocenters. The van der Waals surface area contributed by atoms with Gasteiger partial charge in [-0.2, -0.15) is 0 Å². The third-order valence-corrected chi connectivity index (χ3v) is 3.44. The lowest BCUT2D eigenvalue weighted by Gasteiger charge is -2.11. The summed E-state index contributed by atoms with van der Waals surface area (Å²) in [5, 5.41) is 6.65. The third-order valence-electron chi connectivity index (χ3n) is 3.44. The van der Waals surface area contributed by atoms with Crippen LogP contribution in [0.5, 0.6) is 5.75 Å². The van der Waals surface area contributed by atoms with Gasteiger partial charge in [0.1, 0.15) is 18.1 Å². The predicted molar refractivity (Wildman–Crippen MR) is 90.2 cm³/mol.